The predicted molar refractivity (Wildman–Crippen MR) is 81.2 cm³/mol. The molecule has 0 aliphatic carbocycles. The molecule has 1 fully saturated rings. The normalized spacial score (nSPS) is 19.8. The van der Waals surface area contributed by atoms with Crippen LogP contribution in [-0.4, -0.2) is 26.5 Å². The Hall–Kier alpha value is -0.430. The van der Waals surface area contributed by atoms with Crippen LogP contribution in [0.2, 0.25) is 5.02 Å². The van der Waals surface area contributed by atoms with Gasteiger partial charge in [-0.15, -0.1) is 0 Å². The number of nitrogen functional groups attached to an aromatic ring is 1. The number of anilines is 1. The second-order valence-corrected chi connectivity index (χ2v) is 8.01. The van der Waals surface area contributed by atoms with Gasteiger partial charge in [-0.25, -0.2) is 13.1 Å². The van der Waals surface area contributed by atoms with E-state index in [1.807, 2.05) is 11.8 Å². The zero-order valence-electron chi connectivity index (χ0n) is 10.6. The lowest BCUT2D eigenvalue weighted by Crippen LogP contribution is -2.29. The molecule has 1 atom stereocenters. The first-order chi connectivity index (χ1) is 8.90. The second kappa shape index (κ2) is 5.91. The Kier molecular flexibility index (Phi) is 4.66. The zero-order valence-corrected chi connectivity index (χ0v) is 13.0. The molecule has 1 saturated heterocycles. The summed E-state index contributed by atoms with van der Waals surface area (Å²) >= 11 is 7.86. The molecule has 3 N–H and O–H groups in total. The average molecular weight is 321 g/mol. The summed E-state index contributed by atoms with van der Waals surface area (Å²) in [6.45, 7) is 2.25. The Morgan fingerprint density at radius 1 is 1.53 bits per heavy atom. The minimum atomic E-state index is -3.59. The Morgan fingerprint density at radius 2 is 2.26 bits per heavy atom. The number of nitrogens with one attached hydrogen (secondary N) is 1. The first-order valence-electron chi connectivity index (χ1n) is 6.03. The zero-order chi connectivity index (χ0) is 14.0. The number of benzene rings is 1. The van der Waals surface area contributed by atoms with E-state index in [1.165, 1.54) is 6.07 Å². The molecular weight excluding hydrogens is 304 g/mol. The van der Waals surface area contributed by atoms with Gasteiger partial charge in [-0.3, -0.25) is 0 Å². The fourth-order valence-electron chi connectivity index (χ4n) is 1.92. The van der Waals surface area contributed by atoms with Crippen LogP contribution < -0.4 is 10.5 Å². The van der Waals surface area contributed by atoms with Crippen molar-refractivity contribution in [3.63, 3.8) is 0 Å². The maximum atomic E-state index is 12.2. The number of hydrogen-bond donors (Lipinski definition) is 2. The van der Waals surface area contributed by atoms with E-state index in [0.29, 0.717) is 18.2 Å². The fraction of sp³-hybridized carbons (Fsp3) is 0.500. The molecule has 7 heteroatoms. The Bertz CT molecular complexity index is 569. The lowest BCUT2D eigenvalue weighted by Gasteiger charge is -2.13. The van der Waals surface area contributed by atoms with E-state index in [2.05, 4.69) is 4.72 Å². The van der Waals surface area contributed by atoms with Crippen molar-refractivity contribution in [2.75, 3.05) is 23.8 Å². The first kappa shape index (κ1) is 15.0. The molecule has 0 bridgehead atoms. The van der Waals surface area contributed by atoms with E-state index >= 15 is 0 Å². The third-order valence-electron chi connectivity index (χ3n) is 3.20. The largest absolute Gasteiger partial charge is 0.398 e. The van der Waals surface area contributed by atoms with Crippen molar-refractivity contribution in [1.29, 1.82) is 0 Å². The van der Waals surface area contributed by atoms with Crippen LogP contribution in [0.1, 0.15) is 12.0 Å². The number of thioether (sulfide) groups is 1. The van der Waals surface area contributed by atoms with Gasteiger partial charge in [-0.05, 0) is 48.5 Å². The number of aryl methyl sites for hydroxylation is 1. The molecule has 0 spiro atoms. The SMILES string of the molecule is Cc1cc(Cl)c(S(=O)(=O)NCC2CCSC2)cc1N. The van der Waals surface area contributed by atoms with Crippen LogP contribution >= 0.6 is 23.4 Å². The first-order valence-corrected chi connectivity index (χ1v) is 9.05. The molecule has 1 heterocycles. The van der Waals surface area contributed by atoms with Crippen LogP contribution in [0, 0.1) is 12.8 Å². The van der Waals surface area contributed by atoms with Crippen LogP contribution in [0.4, 0.5) is 5.69 Å². The van der Waals surface area contributed by atoms with Crippen molar-refractivity contribution >= 4 is 39.1 Å². The molecule has 1 aromatic carbocycles. The summed E-state index contributed by atoms with van der Waals surface area (Å²) in [4.78, 5) is 0.0583. The summed E-state index contributed by atoms with van der Waals surface area (Å²) in [5.41, 5.74) is 6.96. The van der Waals surface area contributed by atoms with Gasteiger partial charge < -0.3 is 5.73 Å². The van der Waals surface area contributed by atoms with Gasteiger partial charge in [-0.1, -0.05) is 11.6 Å². The molecule has 19 heavy (non-hydrogen) atoms. The minimum Gasteiger partial charge on any atom is -0.398 e. The Balaban J connectivity index is 2.16. The average Bonchev–Trinajstić information content (AvgIpc) is 2.84. The van der Waals surface area contributed by atoms with Crippen molar-refractivity contribution in [3.05, 3.63) is 22.7 Å². The Morgan fingerprint density at radius 3 is 2.89 bits per heavy atom. The number of sulfonamides is 1. The molecule has 0 radical (unpaired) electrons. The molecular formula is C12H17ClN2O2S2. The number of nitrogens with two attached hydrogens (primary N) is 1. The highest BCUT2D eigenvalue weighted by molar-refractivity contribution is 7.99. The van der Waals surface area contributed by atoms with E-state index < -0.39 is 10.0 Å². The van der Waals surface area contributed by atoms with Crippen molar-refractivity contribution in [2.24, 2.45) is 5.92 Å². The minimum absolute atomic E-state index is 0.0583. The summed E-state index contributed by atoms with van der Waals surface area (Å²) in [6, 6.07) is 3.00. The van der Waals surface area contributed by atoms with Gasteiger partial charge in [-0.2, -0.15) is 11.8 Å². The van der Waals surface area contributed by atoms with Crippen LogP contribution in [0.3, 0.4) is 0 Å². The third kappa shape index (κ3) is 3.56. The molecule has 1 aromatic rings. The predicted octanol–water partition coefficient (Wildman–Crippen LogP) is 2.26. The van der Waals surface area contributed by atoms with Crippen molar-refractivity contribution in [2.45, 2.75) is 18.2 Å². The van der Waals surface area contributed by atoms with Crippen LogP contribution in [0.5, 0.6) is 0 Å². The van der Waals surface area contributed by atoms with Crippen LogP contribution in [0.25, 0.3) is 0 Å². The van der Waals surface area contributed by atoms with Gasteiger partial charge in [0.2, 0.25) is 10.0 Å². The molecule has 1 unspecified atom stereocenters. The summed E-state index contributed by atoms with van der Waals surface area (Å²) in [6.07, 6.45) is 1.05. The standard InChI is InChI=1S/C12H17ClN2O2S2/c1-8-4-10(13)12(5-11(8)14)19(16,17)15-6-9-2-3-18-7-9/h4-5,9,15H,2-3,6-7,14H2,1H3. The highest BCUT2D eigenvalue weighted by Gasteiger charge is 2.22. The van der Waals surface area contributed by atoms with E-state index in [0.717, 1.165) is 23.5 Å². The van der Waals surface area contributed by atoms with Gasteiger partial charge in [0.25, 0.3) is 0 Å². The highest BCUT2D eigenvalue weighted by atomic mass is 35.5. The monoisotopic (exact) mass is 320 g/mol. The summed E-state index contributed by atoms with van der Waals surface area (Å²) in [7, 11) is -3.59. The quantitative estimate of drug-likeness (QED) is 0.835. The molecule has 1 aliphatic heterocycles. The van der Waals surface area contributed by atoms with Crippen LogP contribution in [-0.2, 0) is 10.0 Å². The molecule has 0 saturated carbocycles. The maximum Gasteiger partial charge on any atom is 0.242 e. The Labute approximate surface area is 123 Å². The molecule has 0 aromatic heterocycles. The van der Waals surface area contributed by atoms with Gasteiger partial charge in [0, 0.05) is 12.2 Å². The summed E-state index contributed by atoms with van der Waals surface area (Å²) < 4.78 is 27.1. The van der Waals surface area contributed by atoms with Gasteiger partial charge in [0.15, 0.2) is 0 Å². The van der Waals surface area contributed by atoms with Crippen molar-refractivity contribution < 1.29 is 8.42 Å². The van der Waals surface area contributed by atoms with Gasteiger partial charge in [0.05, 0.1) is 5.02 Å². The molecule has 0 amide bonds. The van der Waals surface area contributed by atoms with E-state index in [9.17, 15) is 8.42 Å². The second-order valence-electron chi connectivity index (χ2n) is 4.72. The van der Waals surface area contributed by atoms with Gasteiger partial charge >= 0.3 is 0 Å². The number of hydrogen-bond acceptors (Lipinski definition) is 4. The molecule has 4 nitrogen and oxygen atoms in total. The topological polar surface area (TPSA) is 72.2 Å². The van der Waals surface area contributed by atoms with E-state index in [1.54, 1.807) is 13.0 Å². The van der Waals surface area contributed by atoms with Crippen molar-refractivity contribution in [3.8, 4) is 0 Å². The van der Waals surface area contributed by atoms with E-state index in [-0.39, 0.29) is 9.92 Å². The van der Waals surface area contributed by atoms with Crippen molar-refractivity contribution in [1.82, 2.24) is 4.72 Å². The maximum absolute atomic E-state index is 12.2. The van der Waals surface area contributed by atoms with Crippen LogP contribution in [0.15, 0.2) is 17.0 Å². The van der Waals surface area contributed by atoms with Gasteiger partial charge in [0.1, 0.15) is 4.90 Å². The third-order valence-corrected chi connectivity index (χ3v) is 6.32. The molecule has 2 rings (SSSR count). The molecule has 1 aliphatic rings. The summed E-state index contributed by atoms with van der Waals surface area (Å²) in [5, 5.41) is 0.208. The lowest BCUT2D eigenvalue weighted by molar-refractivity contribution is 0.546. The smallest absolute Gasteiger partial charge is 0.242 e. The lowest BCUT2D eigenvalue weighted by atomic mass is 10.1. The highest BCUT2D eigenvalue weighted by Crippen LogP contribution is 2.27. The van der Waals surface area contributed by atoms with E-state index in [4.69, 9.17) is 17.3 Å². The number of rotatable bonds is 4. The fourth-order valence-corrected chi connectivity index (χ4v) is 4.94. The number of halogens is 1. The summed E-state index contributed by atoms with van der Waals surface area (Å²) in [5.74, 6) is 2.51. The molecule has 106 valence electrons.